The average molecular weight is 579 g/mol. The molecule has 0 unspecified atom stereocenters. The lowest BCUT2D eigenvalue weighted by Gasteiger charge is -2.26. The predicted molar refractivity (Wildman–Crippen MR) is 161 cm³/mol. The Labute approximate surface area is 247 Å². The minimum atomic E-state index is -0.0302. The third kappa shape index (κ3) is 9.95. The van der Waals surface area contributed by atoms with Gasteiger partial charge in [-0.1, -0.05) is 25.7 Å². The standard InChI is InChI=1S/C32H42N4O6/c37-29(33-27-13-9-25(10-14-27)31(39)35-17-21-41-22-18-35)7-5-3-1-2-4-6-8-30(38)34-28-15-11-26(12-16-28)32(40)36-19-23-42-24-20-36/h9-16H,1-8,17-24H2,(H,33,37)(H,34,38). The molecule has 10 heteroatoms. The van der Waals surface area contributed by atoms with Gasteiger partial charge in [-0.2, -0.15) is 0 Å². The summed E-state index contributed by atoms with van der Waals surface area (Å²) >= 11 is 0. The quantitative estimate of drug-likeness (QED) is 0.342. The molecule has 0 aliphatic carbocycles. The fourth-order valence-electron chi connectivity index (χ4n) is 5.02. The molecule has 2 saturated heterocycles. The molecule has 0 radical (unpaired) electrons. The third-order valence-electron chi connectivity index (χ3n) is 7.49. The van der Waals surface area contributed by atoms with Crippen molar-refractivity contribution in [1.29, 1.82) is 0 Å². The van der Waals surface area contributed by atoms with E-state index in [0.717, 1.165) is 38.5 Å². The number of hydrogen-bond donors (Lipinski definition) is 2. The van der Waals surface area contributed by atoms with Gasteiger partial charge in [0.2, 0.25) is 11.8 Å². The van der Waals surface area contributed by atoms with Gasteiger partial charge < -0.3 is 29.9 Å². The lowest BCUT2D eigenvalue weighted by Crippen LogP contribution is -2.40. The number of unbranched alkanes of at least 4 members (excludes halogenated alkanes) is 5. The topological polar surface area (TPSA) is 117 Å². The maximum atomic E-state index is 12.5. The van der Waals surface area contributed by atoms with Crippen LogP contribution in [0.1, 0.15) is 72.1 Å². The molecule has 0 aromatic heterocycles. The number of nitrogens with zero attached hydrogens (tertiary/aromatic N) is 2. The lowest BCUT2D eigenvalue weighted by atomic mass is 10.1. The number of rotatable bonds is 13. The van der Waals surface area contributed by atoms with Gasteiger partial charge in [-0.05, 0) is 61.4 Å². The zero-order chi connectivity index (χ0) is 29.6. The number of benzene rings is 2. The van der Waals surface area contributed by atoms with E-state index in [0.29, 0.717) is 87.9 Å². The SMILES string of the molecule is O=C(CCCCCCCCC(=O)Nc1ccc(C(=O)N2CCOCC2)cc1)Nc1ccc(C(=O)N2CCOCC2)cc1. The number of carbonyl (C=O) groups is 4. The van der Waals surface area contributed by atoms with Gasteiger partial charge >= 0.3 is 0 Å². The van der Waals surface area contributed by atoms with Gasteiger partial charge in [0.1, 0.15) is 0 Å². The summed E-state index contributed by atoms with van der Waals surface area (Å²) in [6.07, 6.45) is 6.48. The molecular weight excluding hydrogens is 536 g/mol. The van der Waals surface area contributed by atoms with E-state index >= 15 is 0 Å². The Hall–Kier alpha value is -3.76. The van der Waals surface area contributed by atoms with Crippen molar-refractivity contribution in [2.75, 3.05) is 63.2 Å². The minimum Gasteiger partial charge on any atom is -0.378 e. The van der Waals surface area contributed by atoms with E-state index in [1.54, 1.807) is 58.3 Å². The highest BCUT2D eigenvalue weighted by atomic mass is 16.5. The van der Waals surface area contributed by atoms with E-state index in [-0.39, 0.29) is 23.6 Å². The molecule has 226 valence electrons. The van der Waals surface area contributed by atoms with Crippen LogP contribution < -0.4 is 10.6 Å². The van der Waals surface area contributed by atoms with Gasteiger partial charge in [0.25, 0.3) is 11.8 Å². The molecule has 4 rings (SSSR count). The highest BCUT2D eigenvalue weighted by Gasteiger charge is 2.19. The zero-order valence-electron chi connectivity index (χ0n) is 24.3. The molecule has 2 aromatic carbocycles. The van der Waals surface area contributed by atoms with Crippen LogP contribution in [0.5, 0.6) is 0 Å². The number of carbonyl (C=O) groups excluding carboxylic acids is 4. The van der Waals surface area contributed by atoms with Crippen molar-refractivity contribution < 1.29 is 28.7 Å². The number of morpholine rings is 2. The first-order valence-electron chi connectivity index (χ1n) is 15.0. The van der Waals surface area contributed by atoms with Crippen molar-refractivity contribution in [2.45, 2.75) is 51.4 Å². The summed E-state index contributed by atoms with van der Waals surface area (Å²) in [5.74, 6) is -0.0871. The summed E-state index contributed by atoms with van der Waals surface area (Å²) in [7, 11) is 0. The maximum absolute atomic E-state index is 12.5. The number of ether oxygens (including phenoxy) is 2. The van der Waals surface area contributed by atoms with Crippen LogP contribution in [0.2, 0.25) is 0 Å². The van der Waals surface area contributed by atoms with Crippen molar-refractivity contribution in [3.8, 4) is 0 Å². The summed E-state index contributed by atoms with van der Waals surface area (Å²) in [5, 5.41) is 5.81. The second-order valence-electron chi connectivity index (χ2n) is 10.7. The van der Waals surface area contributed by atoms with Gasteiger partial charge in [0.05, 0.1) is 26.4 Å². The summed E-state index contributed by atoms with van der Waals surface area (Å²) in [5.41, 5.74) is 2.60. The van der Waals surface area contributed by atoms with Crippen molar-refractivity contribution in [1.82, 2.24) is 9.80 Å². The Morgan fingerprint density at radius 3 is 1.21 bits per heavy atom. The smallest absolute Gasteiger partial charge is 0.254 e. The average Bonchev–Trinajstić information content (AvgIpc) is 3.03. The summed E-state index contributed by atoms with van der Waals surface area (Å²) in [6, 6.07) is 14.1. The predicted octanol–water partition coefficient (Wildman–Crippen LogP) is 4.33. The third-order valence-corrected chi connectivity index (χ3v) is 7.49. The molecule has 2 aliphatic rings. The van der Waals surface area contributed by atoms with Crippen molar-refractivity contribution in [3.63, 3.8) is 0 Å². The number of nitrogens with one attached hydrogen (secondary N) is 2. The molecule has 0 atom stereocenters. The normalized spacial score (nSPS) is 15.2. The van der Waals surface area contributed by atoms with Crippen LogP contribution in [-0.4, -0.2) is 86.0 Å². The molecule has 4 amide bonds. The summed E-state index contributed by atoms with van der Waals surface area (Å²) in [6.45, 7) is 4.66. The molecule has 10 nitrogen and oxygen atoms in total. The number of hydrogen-bond acceptors (Lipinski definition) is 6. The maximum Gasteiger partial charge on any atom is 0.254 e. The van der Waals surface area contributed by atoms with Crippen LogP contribution in [-0.2, 0) is 19.1 Å². The van der Waals surface area contributed by atoms with Gasteiger partial charge in [-0.15, -0.1) is 0 Å². The van der Waals surface area contributed by atoms with Gasteiger partial charge in [0.15, 0.2) is 0 Å². The van der Waals surface area contributed by atoms with E-state index < -0.39 is 0 Å². The second kappa shape index (κ2) is 16.6. The lowest BCUT2D eigenvalue weighted by molar-refractivity contribution is -0.117. The largest absolute Gasteiger partial charge is 0.378 e. The van der Waals surface area contributed by atoms with Crippen LogP contribution in [0.15, 0.2) is 48.5 Å². The first-order valence-corrected chi connectivity index (χ1v) is 15.0. The highest BCUT2D eigenvalue weighted by molar-refractivity contribution is 5.96. The number of amides is 4. The molecular formula is C32H42N4O6. The van der Waals surface area contributed by atoms with Crippen LogP contribution in [0, 0.1) is 0 Å². The molecule has 2 aromatic rings. The van der Waals surface area contributed by atoms with E-state index in [2.05, 4.69) is 10.6 Å². The monoisotopic (exact) mass is 578 g/mol. The Bertz CT molecular complexity index is 1080. The van der Waals surface area contributed by atoms with Crippen LogP contribution >= 0.6 is 0 Å². The number of anilines is 2. The fourth-order valence-corrected chi connectivity index (χ4v) is 5.02. The molecule has 2 aliphatic heterocycles. The molecule has 2 N–H and O–H groups in total. The Balaban J connectivity index is 1.02. The van der Waals surface area contributed by atoms with E-state index in [4.69, 9.17) is 9.47 Å². The molecule has 0 saturated carbocycles. The zero-order valence-corrected chi connectivity index (χ0v) is 24.3. The van der Waals surface area contributed by atoms with Crippen molar-refractivity contribution >= 4 is 35.0 Å². The summed E-state index contributed by atoms with van der Waals surface area (Å²) < 4.78 is 10.6. The minimum absolute atomic E-state index is 0.0134. The Morgan fingerprint density at radius 1 is 0.524 bits per heavy atom. The Kier molecular flexibility index (Phi) is 12.3. The van der Waals surface area contributed by atoms with E-state index in [9.17, 15) is 19.2 Å². The van der Waals surface area contributed by atoms with Crippen molar-refractivity contribution in [2.24, 2.45) is 0 Å². The second-order valence-corrected chi connectivity index (χ2v) is 10.7. The first kappa shape index (κ1) is 31.2. The summed E-state index contributed by atoms with van der Waals surface area (Å²) in [4.78, 5) is 53.2. The van der Waals surface area contributed by atoms with Crippen LogP contribution in [0.25, 0.3) is 0 Å². The molecule has 0 bridgehead atoms. The van der Waals surface area contributed by atoms with Crippen LogP contribution in [0.3, 0.4) is 0 Å². The Morgan fingerprint density at radius 2 is 0.857 bits per heavy atom. The molecule has 2 heterocycles. The van der Waals surface area contributed by atoms with E-state index in [1.807, 2.05) is 0 Å². The first-order chi connectivity index (χ1) is 20.5. The van der Waals surface area contributed by atoms with Crippen molar-refractivity contribution in [3.05, 3.63) is 59.7 Å². The molecule has 2 fully saturated rings. The van der Waals surface area contributed by atoms with Gasteiger partial charge in [-0.25, -0.2) is 0 Å². The highest BCUT2D eigenvalue weighted by Crippen LogP contribution is 2.16. The van der Waals surface area contributed by atoms with Gasteiger partial charge in [0, 0.05) is 61.5 Å². The van der Waals surface area contributed by atoms with E-state index in [1.165, 1.54) is 0 Å². The fraction of sp³-hybridized carbons (Fsp3) is 0.500. The molecule has 42 heavy (non-hydrogen) atoms. The van der Waals surface area contributed by atoms with Crippen LogP contribution in [0.4, 0.5) is 11.4 Å². The van der Waals surface area contributed by atoms with Gasteiger partial charge in [-0.3, -0.25) is 19.2 Å². The molecule has 0 spiro atoms.